The average molecular weight is 401 g/mol. The van der Waals surface area contributed by atoms with Crippen molar-refractivity contribution in [3.05, 3.63) is 75.5 Å². The molecule has 0 saturated heterocycles. The van der Waals surface area contributed by atoms with Gasteiger partial charge in [0.2, 0.25) is 5.43 Å². The Labute approximate surface area is 165 Å². The van der Waals surface area contributed by atoms with Crippen LogP contribution in [0.25, 0.3) is 10.9 Å². The first-order valence-electron chi connectivity index (χ1n) is 8.35. The van der Waals surface area contributed by atoms with Crippen molar-refractivity contribution in [3.63, 3.8) is 0 Å². The molecule has 1 aromatic heterocycles. The van der Waals surface area contributed by atoms with E-state index in [1.54, 1.807) is 34.9 Å². The molecule has 0 aliphatic carbocycles. The highest BCUT2D eigenvalue weighted by Gasteiger charge is 2.23. The lowest BCUT2D eigenvalue weighted by Crippen LogP contribution is -2.38. The molecule has 1 amide bonds. The van der Waals surface area contributed by atoms with Crippen LogP contribution in [0.1, 0.15) is 5.56 Å². The number of carbonyl (C=O) groups excluding carboxylic acids is 1. The number of fused-ring (bicyclic) bond motifs is 1. The number of benzene rings is 2. The van der Waals surface area contributed by atoms with Crippen molar-refractivity contribution in [2.45, 2.75) is 6.54 Å². The van der Waals surface area contributed by atoms with Gasteiger partial charge in [0.15, 0.2) is 0 Å². The third-order valence-corrected chi connectivity index (χ3v) is 4.67. The van der Waals surface area contributed by atoms with Gasteiger partial charge in [-0.1, -0.05) is 41.9 Å². The predicted molar refractivity (Wildman–Crippen MR) is 106 cm³/mol. The second-order valence-electron chi connectivity index (χ2n) is 6.02. The van der Waals surface area contributed by atoms with E-state index in [1.165, 1.54) is 6.20 Å². The highest BCUT2D eigenvalue weighted by molar-refractivity contribution is 6.31. The summed E-state index contributed by atoms with van der Waals surface area (Å²) in [6, 6.07) is 14.1. The lowest BCUT2D eigenvalue weighted by atomic mass is 10.1. The smallest absolute Gasteiger partial charge is 0.412 e. The van der Waals surface area contributed by atoms with E-state index in [0.29, 0.717) is 27.4 Å². The number of hydrogen-bond donors (Lipinski definition) is 1. The van der Waals surface area contributed by atoms with Crippen LogP contribution in [0.15, 0.2) is 59.5 Å². The molecule has 2 aromatic carbocycles. The SMILES string of the molecule is COC(=O)CN(C(=O)O)c1cn(Cc2ccccc2Cl)c2ccccc2c1=O. The summed E-state index contributed by atoms with van der Waals surface area (Å²) in [4.78, 5) is 37.0. The van der Waals surface area contributed by atoms with E-state index in [2.05, 4.69) is 4.74 Å². The zero-order valence-electron chi connectivity index (χ0n) is 15.0. The molecule has 1 heterocycles. The highest BCUT2D eigenvalue weighted by Crippen LogP contribution is 2.22. The lowest BCUT2D eigenvalue weighted by molar-refractivity contribution is -0.138. The molecule has 0 radical (unpaired) electrons. The Hall–Kier alpha value is -3.32. The lowest BCUT2D eigenvalue weighted by Gasteiger charge is -2.20. The van der Waals surface area contributed by atoms with Crippen molar-refractivity contribution in [2.24, 2.45) is 0 Å². The quantitative estimate of drug-likeness (QED) is 0.663. The molecule has 0 fully saturated rings. The van der Waals surface area contributed by atoms with Crippen molar-refractivity contribution in [3.8, 4) is 0 Å². The number of ether oxygens (including phenoxy) is 1. The Balaban J connectivity index is 2.20. The Morgan fingerprint density at radius 3 is 2.50 bits per heavy atom. The maximum Gasteiger partial charge on any atom is 0.412 e. The van der Waals surface area contributed by atoms with Crippen LogP contribution in [-0.4, -0.2) is 35.4 Å². The minimum absolute atomic E-state index is 0.136. The number of para-hydroxylation sites is 1. The number of carbonyl (C=O) groups is 2. The zero-order chi connectivity index (χ0) is 20.3. The van der Waals surface area contributed by atoms with Crippen LogP contribution in [0.5, 0.6) is 0 Å². The van der Waals surface area contributed by atoms with Gasteiger partial charge >= 0.3 is 12.1 Å². The van der Waals surface area contributed by atoms with E-state index in [0.717, 1.165) is 12.7 Å². The van der Waals surface area contributed by atoms with Gasteiger partial charge in [-0.15, -0.1) is 0 Å². The third kappa shape index (κ3) is 3.84. The second kappa shape index (κ2) is 8.14. The standard InChI is InChI=1S/C20H17ClN2O5/c1-28-18(24)12-23(20(26)27)17-11-22(10-13-6-2-4-8-15(13)21)16-9-5-3-7-14(16)19(17)25/h2-9,11H,10,12H2,1H3,(H,26,27). The molecule has 0 bridgehead atoms. The molecule has 0 atom stereocenters. The number of halogens is 1. The number of carboxylic acid groups (broad SMARTS) is 1. The zero-order valence-corrected chi connectivity index (χ0v) is 15.7. The summed E-state index contributed by atoms with van der Waals surface area (Å²) in [5.41, 5.74) is 0.805. The van der Waals surface area contributed by atoms with E-state index in [-0.39, 0.29) is 5.69 Å². The van der Waals surface area contributed by atoms with Crippen LogP contribution >= 0.6 is 11.6 Å². The van der Waals surface area contributed by atoms with Gasteiger partial charge in [0.1, 0.15) is 12.2 Å². The molecule has 0 aliphatic rings. The van der Waals surface area contributed by atoms with E-state index in [9.17, 15) is 19.5 Å². The summed E-state index contributed by atoms with van der Waals surface area (Å²) in [6.07, 6.45) is -0.00695. The first-order valence-corrected chi connectivity index (χ1v) is 8.73. The fourth-order valence-electron chi connectivity index (χ4n) is 2.91. The first-order chi connectivity index (χ1) is 13.4. The first kappa shape index (κ1) is 19.4. The van der Waals surface area contributed by atoms with Crippen LogP contribution in [-0.2, 0) is 16.1 Å². The second-order valence-corrected chi connectivity index (χ2v) is 6.43. The van der Waals surface area contributed by atoms with Gasteiger partial charge in [-0.25, -0.2) is 4.79 Å². The number of amides is 1. The van der Waals surface area contributed by atoms with E-state index >= 15 is 0 Å². The normalized spacial score (nSPS) is 10.6. The molecule has 7 nitrogen and oxygen atoms in total. The van der Waals surface area contributed by atoms with Crippen LogP contribution in [0, 0.1) is 0 Å². The highest BCUT2D eigenvalue weighted by atomic mass is 35.5. The Kier molecular flexibility index (Phi) is 5.65. The fraction of sp³-hybridized carbons (Fsp3) is 0.150. The van der Waals surface area contributed by atoms with Crippen LogP contribution in [0.3, 0.4) is 0 Å². The van der Waals surface area contributed by atoms with Crippen molar-refractivity contribution in [2.75, 3.05) is 18.6 Å². The maximum absolute atomic E-state index is 12.9. The Bertz CT molecular complexity index is 1110. The topological polar surface area (TPSA) is 88.8 Å². The Morgan fingerprint density at radius 2 is 1.82 bits per heavy atom. The summed E-state index contributed by atoms with van der Waals surface area (Å²) < 4.78 is 6.29. The monoisotopic (exact) mass is 400 g/mol. The van der Waals surface area contributed by atoms with Gasteiger partial charge in [0.25, 0.3) is 0 Å². The van der Waals surface area contributed by atoms with Crippen LogP contribution < -0.4 is 10.3 Å². The predicted octanol–water partition coefficient (Wildman–Crippen LogP) is 3.36. The average Bonchev–Trinajstić information content (AvgIpc) is 2.69. The van der Waals surface area contributed by atoms with Crippen LogP contribution in [0.2, 0.25) is 5.02 Å². The summed E-state index contributed by atoms with van der Waals surface area (Å²) in [6.45, 7) is -0.273. The number of nitrogens with zero attached hydrogens (tertiary/aromatic N) is 2. The van der Waals surface area contributed by atoms with E-state index < -0.39 is 24.0 Å². The molecule has 0 saturated carbocycles. The molecule has 8 heteroatoms. The maximum atomic E-state index is 12.9. The van der Waals surface area contributed by atoms with Gasteiger partial charge in [0.05, 0.1) is 12.6 Å². The molecule has 3 rings (SSSR count). The molecule has 3 aromatic rings. The minimum Gasteiger partial charge on any atom is -0.468 e. The van der Waals surface area contributed by atoms with Gasteiger partial charge in [-0.05, 0) is 23.8 Å². The number of aromatic nitrogens is 1. The third-order valence-electron chi connectivity index (χ3n) is 4.30. The Morgan fingerprint density at radius 1 is 1.14 bits per heavy atom. The molecule has 1 N–H and O–H groups in total. The number of rotatable bonds is 5. The summed E-state index contributed by atoms with van der Waals surface area (Å²) in [5.74, 6) is -0.771. The number of esters is 1. The largest absolute Gasteiger partial charge is 0.468 e. The van der Waals surface area contributed by atoms with Crippen molar-refractivity contribution >= 4 is 40.3 Å². The van der Waals surface area contributed by atoms with Gasteiger partial charge in [-0.3, -0.25) is 14.5 Å². The summed E-state index contributed by atoms with van der Waals surface area (Å²) in [5, 5.41) is 10.4. The number of pyridine rings is 1. The minimum atomic E-state index is -1.43. The van der Waals surface area contributed by atoms with Crippen molar-refractivity contribution < 1.29 is 19.4 Å². The van der Waals surface area contributed by atoms with Gasteiger partial charge in [-0.2, -0.15) is 0 Å². The molecule has 0 unspecified atom stereocenters. The van der Waals surface area contributed by atoms with Crippen molar-refractivity contribution in [1.29, 1.82) is 0 Å². The number of hydrogen-bond acceptors (Lipinski definition) is 4. The molecule has 28 heavy (non-hydrogen) atoms. The fourth-order valence-corrected chi connectivity index (χ4v) is 3.11. The van der Waals surface area contributed by atoms with E-state index in [1.807, 2.05) is 18.2 Å². The molecule has 0 aliphatic heterocycles. The molecular weight excluding hydrogens is 384 g/mol. The molecule has 144 valence electrons. The molecular formula is C20H17ClN2O5. The molecule has 0 spiro atoms. The number of methoxy groups -OCH3 is 1. The number of anilines is 1. The van der Waals surface area contributed by atoms with Gasteiger partial charge in [0, 0.05) is 23.2 Å². The van der Waals surface area contributed by atoms with Gasteiger partial charge < -0.3 is 14.4 Å². The van der Waals surface area contributed by atoms with Crippen LogP contribution in [0.4, 0.5) is 10.5 Å². The summed E-state index contributed by atoms with van der Waals surface area (Å²) >= 11 is 6.26. The van der Waals surface area contributed by atoms with Crippen molar-refractivity contribution in [1.82, 2.24) is 4.57 Å². The van der Waals surface area contributed by atoms with E-state index in [4.69, 9.17) is 11.6 Å². The summed E-state index contributed by atoms with van der Waals surface area (Å²) in [7, 11) is 1.15.